The number of hydrogen-bond donors (Lipinski definition) is 1. The van der Waals surface area contributed by atoms with Crippen molar-refractivity contribution in [3.05, 3.63) is 23.9 Å². The van der Waals surface area contributed by atoms with Crippen molar-refractivity contribution in [3.8, 4) is 0 Å². The number of anilines is 1. The van der Waals surface area contributed by atoms with Crippen molar-refractivity contribution < 1.29 is 13.5 Å². The van der Waals surface area contributed by atoms with Crippen molar-refractivity contribution in [2.45, 2.75) is 19.4 Å². The van der Waals surface area contributed by atoms with E-state index in [0.29, 0.717) is 45.0 Å². The summed E-state index contributed by atoms with van der Waals surface area (Å²) in [6, 6.07) is 5.53. The standard InChI is InChI=1S/C14H22N4O3S/c19-12-13-4-3-5-14(15-13)16-8-10-18(11-9-16)22(20,21)17-6-1-2-7-17/h3-5,19H,1-2,6-12H2. The van der Waals surface area contributed by atoms with Crippen LogP contribution in [0.3, 0.4) is 0 Å². The number of piperazine rings is 1. The number of nitrogens with zero attached hydrogens (tertiary/aromatic N) is 4. The van der Waals surface area contributed by atoms with E-state index >= 15 is 0 Å². The van der Waals surface area contributed by atoms with Gasteiger partial charge in [0.2, 0.25) is 0 Å². The molecule has 8 heteroatoms. The molecule has 0 aliphatic carbocycles. The van der Waals surface area contributed by atoms with E-state index in [4.69, 9.17) is 5.11 Å². The number of pyridine rings is 1. The molecule has 0 saturated carbocycles. The highest BCUT2D eigenvalue weighted by molar-refractivity contribution is 7.86. The van der Waals surface area contributed by atoms with Crippen LogP contribution in [0.25, 0.3) is 0 Å². The Balaban J connectivity index is 1.64. The zero-order chi connectivity index (χ0) is 15.6. The van der Waals surface area contributed by atoms with Gasteiger partial charge in [-0.05, 0) is 25.0 Å². The number of aliphatic hydroxyl groups is 1. The minimum absolute atomic E-state index is 0.0862. The van der Waals surface area contributed by atoms with Gasteiger partial charge in [0, 0.05) is 39.3 Å². The van der Waals surface area contributed by atoms with E-state index in [9.17, 15) is 8.42 Å². The highest BCUT2D eigenvalue weighted by Gasteiger charge is 2.33. The van der Waals surface area contributed by atoms with Gasteiger partial charge in [0.25, 0.3) is 10.2 Å². The number of aliphatic hydroxyl groups excluding tert-OH is 1. The molecule has 0 spiro atoms. The summed E-state index contributed by atoms with van der Waals surface area (Å²) in [7, 11) is -3.30. The Labute approximate surface area is 131 Å². The summed E-state index contributed by atoms with van der Waals surface area (Å²) in [6.07, 6.45) is 1.91. The topological polar surface area (TPSA) is 77.0 Å². The van der Waals surface area contributed by atoms with Crippen LogP contribution in [0.4, 0.5) is 5.82 Å². The molecule has 7 nitrogen and oxygen atoms in total. The molecular weight excluding hydrogens is 304 g/mol. The summed E-state index contributed by atoms with van der Waals surface area (Å²) in [6.45, 7) is 3.39. The normalized spacial score (nSPS) is 21.4. The lowest BCUT2D eigenvalue weighted by Gasteiger charge is -2.36. The SMILES string of the molecule is O=S(=O)(N1CCCC1)N1CCN(c2cccc(CO)n2)CC1. The van der Waals surface area contributed by atoms with Gasteiger partial charge in [0.05, 0.1) is 12.3 Å². The molecule has 0 aromatic carbocycles. The molecule has 0 unspecified atom stereocenters. The minimum Gasteiger partial charge on any atom is -0.390 e. The van der Waals surface area contributed by atoms with Crippen LogP contribution < -0.4 is 4.90 Å². The molecule has 1 N–H and O–H groups in total. The molecular formula is C14H22N4O3S. The molecule has 0 radical (unpaired) electrons. The summed E-state index contributed by atoms with van der Waals surface area (Å²) in [4.78, 5) is 6.44. The molecule has 0 bridgehead atoms. The van der Waals surface area contributed by atoms with Gasteiger partial charge in [-0.1, -0.05) is 6.07 Å². The molecule has 0 atom stereocenters. The van der Waals surface area contributed by atoms with E-state index in [1.807, 2.05) is 12.1 Å². The second-order valence-corrected chi connectivity index (χ2v) is 7.57. The van der Waals surface area contributed by atoms with Gasteiger partial charge in [-0.15, -0.1) is 0 Å². The van der Waals surface area contributed by atoms with Crippen LogP contribution in [0.5, 0.6) is 0 Å². The Hall–Kier alpha value is -1.22. The van der Waals surface area contributed by atoms with Gasteiger partial charge in [-0.3, -0.25) is 0 Å². The first kappa shape index (κ1) is 15.7. The first-order valence-electron chi connectivity index (χ1n) is 7.68. The molecule has 1 aromatic rings. The van der Waals surface area contributed by atoms with Gasteiger partial charge in [0.15, 0.2) is 0 Å². The maximum Gasteiger partial charge on any atom is 0.282 e. The molecule has 0 amide bonds. The fraction of sp³-hybridized carbons (Fsp3) is 0.643. The van der Waals surface area contributed by atoms with Crippen LogP contribution in [0.2, 0.25) is 0 Å². The smallest absolute Gasteiger partial charge is 0.282 e. The lowest BCUT2D eigenvalue weighted by molar-refractivity contribution is 0.277. The van der Waals surface area contributed by atoms with Crippen LogP contribution in [-0.4, -0.2) is 66.4 Å². The van der Waals surface area contributed by atoms with Crippen LogP contribution in [0.1, 0.15) is 18.5 Å². The van der Waals surface area contributed by atoms with Crippen molar-refractivity contribution in [1.29, 1.82) is 0 Å². The molecule has 2 aliphatic rings. The zero-order valence-electron chi connectivity index (χ0n) is 12.6. The number of aromatic nitrogens is 1. The highest BCUT2D eigenvalue weighted by Crippen LogP contribution is 2.20. The van der Waals surface area contributed by atoms with Crippen LogP contribution >= 0.6 is 0 Å². The number of rotatable bonds is 4. The van der Waals surface area contributed by atoms with Crippen molar-refractivity contribution in [3.63, 3.8) is 0 Å². The van der Waals surface area contributed by atoms with Crippen LogP contribution in [0, 0.1) is 0 Å². The fourth-order valence-electron chi connectivity index (χ4n) is 2.96. The predicted molar refractivity (Wildman–Crippen MR) is 83.7 cm³/mol. The first-order valence-corrected chi connectivity index (χ1v) is 9.08. The molecule has 2 saturated heterocycles. The molecule has 122 valence electrons. The minimum atomic E-state index is -3.30. The maximum atomic E-state index is 12.5. The van der Waals surface area contributed by atoms with E-state index in [1.54, 1.807) is 14.7 Å². The maximum absolute atomic E-state index is 12.5. The summed E-state index contributed by atoms with van der Waals surface area (Å²) in [5, 5.41) is 9.16. The van der Waals surface area contributed by atoms with E-state index < -0.39 is 10.2 Å². The van der Waals surface area contributed by atoms with Gasteiger partial charge >= 0.3 is 0 Å². The van der Waals surface area contributed by atoms with Crippen molar-refractivity contribution in [2.75, 3.05) is 44.2 Å². The molecule has 1 aromatic heterocycles. The zero-order valence-corrected chi connectivity index (χ0v) is 13.4. The van der Waals surface area contributed by atoms with Gasteiger partial charge in [-0.25, -0.2) is 4.98 Å². The van der Waals surface area contributed by atoms with Gasteiger partial charge in [-0.2, -0.15) is 17.0 Å². The molecule has 22 heavy (non-hydrogen) atoms. The van der Waals surface area contributed by atoms with Crippen molar-refractivity contribution >= 4 is 16.0 Å². The predicted octanol–water partition coefficient (Wildman–Crippen LogP) is 0.0365. The molecule has 3 heterocycles. The second kappa shape index (κ2) is 6.49. The van der Waals surface area contributed by atoms with E-state index in [0.717, 1.165) is 18.7 Å². The Morgan fingerprint density at radius 3 is 2.27 bits per heavy atom. The summed E-state index contributed by atoms with van der Waals surface area (Å²) in [5.74, 6) is 0.796. The molecule has 2 fully saturated rings. The lowest BCUT2D eigenvalue weighted by atomic mass is 10.3. The Morgan fingerprint density at radius 1 is 1.00 bits per heavy atom. The molecule has 3 rings (SSSR count). The average Bonchev–Trinajstić information content (AvgIpc) is 3.10. The number of hydrogen-bond acceptors (Lipinski definition) is 5. The third-order valence-corrected chi connectivity index (χ3v) is 6.27. The van der Waals surface area contributed by atoms with Crippen molar-refractivity contribution in [1.82, 2.24) is 13.6 Å². The monoisotopic (exact) mass is 326 g/mol. The lowest BCUT2D eigenvalue weighted by Crippen LogP contribution is -2.52. The second-order valence-electron chi connectivity index (χ2n) is 5.65. The molecule has 2 aliphatic heterocycles. The van der Waals surface area contributed by atoms with Gasteiger partial charge in [0.1, 0.15) is 5.82 Å². The van der Waals surface area contributed by atoms with Gasteiger partial charge < -0.3 is 10.0 Å². The average molecular weight is 326 g/mol. The van der Waals surface area contributed by atoms with E-state index in [1.165, 1.54) is 0 Å². The fourth-order valence-corrected chi connectivity index (χ4v) is 4.63. The van der Waals surface area contributed by atoms with E-state index in [-0.39, 0.29) is 6.61 Å². The Morgan fingerprint density at radius 2 is 1.64 bits per heavy atom. The van der Waals surface area contributed by atoms with E-state index in [2.05, 4.69) is 9.88 Å². The Bertz CT molecular complexity index is 608. The third kappa shape index (κ3) is 3.10. The summed E-state index contributed by atoms with van der Waals surface area (Å²) < 4.78 is 28.2. The van der Waals surface area contributed by atoms with Crippen LogP contribution in [-0.2, 0) is 16.8 Å². The van der Waals surface area contributed by atoms with Crippen molar-refractivity contribution in [2.24, 2.45) is 0 Å². The highest BCUT2D eigenvalue weighted by atomic mass is 32.2. The third-order valence-electron chi connectivity index (χ3n) is 4.23. The Kier molecular flexibility index (Phi) is 4.62. The first-order chi connectivity index (χ1) is 10.6. The van der Waals surface area contributed by atoms with Crippen LogP contribution in [0.15, 0.2) is 18.2 Å². The summed E-state index contributed by atoms with van der Waals surface area (Å²) in [5.41, 5.74) is 0.629. The quantitative estimate of drug-likeness (QED) is 0.845. The largest absolute Gasteiger partial charge is 0.390 e. The summed E-state index contributed by atoms with van der Waals surface area (Å²) >= 11 is 0.